The molecular weight excluding hydrogens is 314 g/mol. The quantitative estimate of drug-likeness (QED) is 0.837. The second kappa shape index (κ2) is 7.47. The number of carbonyl (C=O) groups is 1. The van der Waals surface area contributed by atoms with E-state index in [1.807, 2.05) is 33.8 Å². The topological polar surface area (TPSA) is 64.1 Å². The van der Waals surface area contributed by atoms with Crippen LogP contribution in [0.3, 0.4) is 0 Å². The molecule has 1 aromatic heterocycles. The maximum absolute atomic E-state index is 12.2. The lowest BCUT2D eigenvalue weighted by molar-refractivity contribution is -0.129. The van der Waals surface area contributed by atoms with E-state index in [0.29, 0.717) is 11.9 Å². The number of alkyl halides is 1. The Morgan fingerprint density at radius 3 is 2.35 bits per heavy atom. The molecule has 0 atom stereocenters. The highest BCUT2D eigenvalue weighted by molar-refractivity contribution is 6.19. The Bertz CT molecular complexity index is 535. The zero-order chi connectivity index (χ0) is 17.0. The lowest BCUT2D eigenvalue weighted by Gasteiger charge is -2.31. The van der Waals surface area contributed by atoms with Gasteiger partial charge >= 0.3 is 6.01 Å². The molecule has 0 spiro atoms. The summed E-state index contributed by atoms with van der Waals surface area (Å²) < 4.78 is 5.90. The monoisotopic (exact) mass is 339 g/mol. The zero-order valence-electron chi connectivity index (χ0n) is 14.4. The molecule has 1 aliphatic carbocycles. The van der Waals surface area contributed by atoms with Gasteiger partial charge in [-0.25, -0.2) is 9.97 Å². The fourth-order valence-electron chi connectivity index (χ4n) is 2.66. The van der Waals surface area contributed by atoms with Gasteiger partial charge in [-0.15, -0.1) is 11.6 Å². The standard InChI is InChI=1S/C17H26ClN3O2/c1-11-9-12(2)20-16(19-11)23-14-7-5-13(6-8-14)21-15(22)17(3,4)10-18/h9,13-14H,5-8,10H2,1-4H3,(H,21,22). The fraction of sp³-hybridized carbons (Fsp3) is 0.706. The van der Waals surface area contributed by atoms with Crippen LogP contribution >= 0.6 is 11.6 Å². The molecule has 0 radical (unpaired) electrons. The molecule has 2 rings (SSSR count). The van der Waals surface area contributed by atoms with Crippen LogP contribution in [0.2, 0.25) is 0 Å². The molecule has 0 aliphatic heterocycles. The van der Waals surface area contributed by atoms with E-state index in [-0.39, 0.29) is 18.1 Å². The van der Waals surface area contributed by atoms with Gasteiger partial charge in [-0.1, -0.05) is 0 Å². The lowest BCUT2D eigenvalue weighted by Crippen LogP contribution is -2.46. The molecule has 0 aromatic carbocycles. The first-order chi connectivity index (χ1) is 10.8. The lowest BCUT2D eigenvalue weighted by atomic mass is 9.90. The molecule has 1 heterocycles. The second-order valence-electron chi connectivity index (χ2n) is 7.02. The highest BCUT2D eigenvalue weighted by Crippen LogP contribution is 2.24. The van der Waals surface area contributed by atoms with E-state index in [4.69, 9.17) is 16.3 Å². The summed E-state index contributed by atoms with van der Waals surface area (Å²) in [4.78, 5) is 20.8. The number of hydrogen-bond donors (Lipinski definition) is 1. The first-order valence-electron chi connectivity index (χ1n) is 8.16. The van der Waals surface area contributed by atoms with Crippen molar-refractivity contribution < 1.29 is 9.53 Å². The Kier molecular flexibility index (Phi) is 5.84. The summed E-state index contributed by atoms with van der Waals surface area (Å²) in [6, 6.07) is 2.58. The second-order valence-corrected chi connectivity index (χ2v) is 7.28. The summed E-state index contributed by atoms with van der Waals surface area (Å²) in [7, 11) is 0. The number of amides is 1. The van der Waals surface area contributed by atoms with Crippen molar-refractivity contribution in [1.29, 1.82) is 0 Å². The van der Waals surface area contributed by atoms with E-state index in [0.717, 1.165) is 37.1 Å². The molecule has 128 valence electrons. The molecule has 23 heavy (non-hydrogen) atoms. The molecular formula is C17H26ClN3O2. The first-order valence-corrected chi connectivity index (χ1v) is 8.69. The molecule has 1 aliphatic rings. The number of aryl methyl sites for hydroxylation is 2. The maximum Gasteiger partial charge on any atom is 0.317 e. The van der Waals surface area contributed by atoms with E-state index in [1.165, 1.54) is 0 Å². The van der Waals surface area contributed by atoms with Crippen LogP contribution in [0.15, 0.2) is 6.07 Å². The van der Waals surface area contributed by atoms with Crippen LogP contribution in [0.4, 0.5) is 0 Å². The van der Waals surface area contributed by atoms with Crippen molar-refractivity contribution in [3.05, 3.63) is 17.5 Å². The minimum absolute atomic E-state index is 0.0227. The predicted octanol–water partition coefficient (Wildman–Crippen LogP) is 3.16. The molecule has 6 heteroatoms. The molecule has 0 saturated heterocycles. The molecule has 1 fully saturated rings. The maximum atomic E-state index is 12.2. The highest BCUT2D eigenvalue weighted by Gasteiger charge is 2.30. The van der Waals surface area contributed by atoms with Crippen LogP contribution in [0.25, 0.3) is 0 Å². The number of nitrogens with one attached hydrogen (secondary N) is 1. The van der Waals surface area contributed by atoms with E-state index < -0.39 is 5.41 Å². The number of ether oxygens (including phenoxy) is 1. The van der Waals surface area contributed by atoms with Gasteiger partial charge in [-0.2, -0.15) is 0 Å². The van der Waals surface area contributed by atoms with Gasteiger partial charge in [0.05, 0.1) is 5.41 Å². The smallest absolute Gasteiger partial charge is 0.317 e. The molecule has 1 N–H and O–H groups in total. The van der Waals surface area contributed by atoms with Crippen molar-refractivity contribution in [3.63, 3.8) is 0 Å². The average Bonchev–Trinajstić information content (AvgIpc) is 2.48. The Morgan fingerprint density at radius 2 is 1.83 bits per heavy atom. The highest BCUT2D eigenvalue weighted by atomic mass is 35.5. The van der Waals surface area contributed by atoms with Crippen molar-refractivity contribution in [1.82, 2.24) is 15.3 Å². The van der Waals surface area contributed by atoms with Crippen LogP contribution in [-0.4, -0.2) is 33.9 Å². The van der Waals surface area contributed by atoms with E-state index in [1.54, 1.807) is 0 Å². The van der Waals surface area contributed by atoms with Gasteiger partial charge in [0, 0.05) is 23.3 Å². The van der Waals surface area contributed by atoms with E-state index in [2.05, 4.69) is 15.3 Å². The van der Waals surface area contributed by atoms with E-state index in [9.17, 15) is 4.79 Å². The summed E-state index contributed by atoms with van der Waals surface area (Å²) >= 11 is 5.85. The molecule has 1 aromatic rings. The van der Waals surface area contributed by atoms with Gasteiger partial charge in [0.25, 0.3) is 0 Å². The first kappa shape index (κ1) is 18.0. The Labute approximate surface area is 143 Å². The third kappa shape index (κ3) is 5.06. The number of nitrogens with zero attached hydrogens (tertiary/aromatic N) is 2. The van der Waals surface area contributed by atoms with Gasteiger partial charge in [0.15, 0.2) is 0 Å². The van der Waals surface area contributed by atoms with Crippen molar-refractivity contribution in [2.24, 2.45) is 5.41 Å². The van der Waals surface area contributed by atoms with Gasteiger partial charge in [-0.05, 0) is 59.4 Å². The minimum Gasteiger partial charge on any atom is -0.460 e. The summed E-state index contributed by atoms with van der Waals surface area (Å²) in [5.74, 6) is 0.343. The number of aromatic nitrogens is 2. The summed E-state index contributed by atoms with van der Waals surface area (Å²) in [5.41, 5.74) is 1.30. The average molecular weight is 340 g/mol. The van der Waals surface area contributed by atoms with E-state index >= 15 is 0 Å². The van der Waals surface area contributed by atoms with Crippen molar-refractivity contribution >= 4 is 17.5 Å². The minimum atomic E-state index is -0.526. The van der Waals surface area contributed by atoms with Crippen LogP contribution in [0.1, 0.15) is 50.9 Å². The molecule has 1 amide bonds. The summed E-state index contributed by atoms with van der Waals surface area (Å²) in [5, 5.41) is 3.10. The number of hydrogen-bond acceptors (Lipinski definition) is 4. The third-order valence-electron chi connectivity index (χ3n) is 4.19. The van der Waals surface area contributed by atoms with Crippen LogP contribution < -0.4 is 10.1 Å². The van der Waals surface area contributed by atoms with Gasteiger partial charge in [0.1, 0.15) is 6.10 Å². The Balaban J connectivity index is 1.83. The SMILES string of the molecule is Cc1cc(C)nc(OC2CCC(NC(=O)C(C)(C)CCl)CC2)n1. The fourth-order valence-corrected chi connectivity index (χ4v) is 2.78. The predicted molar refractivity (Wildman–Crippen MR) is 90.8 cm³/mol. The van der Waals surface area contributed by atoms with Gasteiger partial charge < -0.3 is 10.1 Å². The third-order valence-corrected chi connectivity index (χ3v) is 4.86. The van der Waals surface area contributed by atoms with Crippen LogP contribution in [0.5, 0.6) is 6.01 Å². The normalized spacial score (nSPS) is 21.8. The summed E-state index contributed by atoms with van der Waals surface area (Å²) in [6.45, 7) is 7.60. The largest absolute Gasteiger partial charge is 0.460 e. The van der Waals surface area contributed by atoms with Crippen molar-refractivity contribution in [2.75, 3.05) is 5.88 Å². The number of halogens is 1. The molecule has 0 unspecified atom stereocenters. The summed E-state index contributed by atoms with van der Waals surface area (Å²) in [6.07, 6.45) is 3.70. The molecule has 5 nitrogen and oxygen atoms in total. The van der Waals surface area contributed by atoms with Crippen molar-refractivity contribution in [3.8, 4) is 6.01 Å². The zero-order valence-corrected chi connectivity index (χ0v) is 15.1. The number of carbonyl (C=O) groups excluding carboxylic acids is 1. The molecule has 0 bridgehead atoms. The van der Waals surface area contributed by atoms with Crippen LogP contribution in [-0.2, 0) is 4.79 Å². The Hall–Kier alpha value is -1.36. The number of rotatable bonds is 5. The molecule has 1 saturated carbocycles. The van der Waals surface area contributed by atoms with Crippen molar-refractivity contribution in [2.45, 2.75) is 65.5 Å². The van der Waals surface area contributed by atoms with Gasteiger partial charge in [-0.3, -0.25) is 4.79 Å². The van der Waals surface area contributed by atoms with Gasteiger partial charge in [0.2, 0.25) is 5.91 Å². The Morgan fingerprint density at radius 1 is 1.26 bits per heavy atom. The van der Waals surface area contributed by atoms with Crippen LogP contribution in [0, 0.1) is 19.3 Å².